The van der Waals surface area contributed by atoms with Crippen LogP contribution < -0.4 is 5.73 Å². The maximum atomic E-state index is 13.1. The van der Waals surface area contributed by atoms with Crippen LogP contribution in [0.2, 0.25) is 0 Å². The van der Waals surface area contributed by atoms with Gasteiger partial charge < -0.3 is 10.8 Å². The van der Waals surface area contributed by atoms with E-state index in [1.165, 1.54) is 6.07 Å². The second kappa shape index (κ2) is 4.20. The lowest BCUT2D eigenvalue weighted by Gasteiger charge is -2.16. The number of alkyl halides is 2. The highest BCUT2D eigenvalue weighted by Gasteiger charge is 2.33. The van der Waals surface area contributed by atoms with E-state index in [9.17, 15) is 13.2 Å². The summed E-state index contributed by atoms with van der Waals surface area (Å²) in [5.74, 6) is -4.62. The number of nitrogens with two attached hydrogens (primary N) is 1. The van der Waals surface area contributed by atoms with Crippen LogP contribution in [0.1, 0.15) is 24.1 Å². The third-order valence-electron chi connectivity index (χ3n) is 2.11. The number of aliphatic hydroxyl groups is 1. The summed E-state index contributed by atoms with van der Waals surface area (Å²) < 4.78 is 39.2. The fourth-order valence-electron chi connectivity index (χ4n) is 1.19. The highest BCUT2D eigenvalue weighted by molar-refractivity contribution is 5.30. The third kappa shape index (κ3) is 2.49. The van der Waals surface area contributed by atoms with Crippen molar-refractivity contribution in [3.63, 3.8) is 0 Å². The summed E-state index contributed by atoms with van der Waals surface area (Å²) in [5, 5.41) is 8.45. The van der Waals surface area contributed by atoms with Crippen molar-refractivity contribution < 1.29 is 18.3 Å². The highest BCUT2D eigenvalue weighted by atomic mass is 19.3. The Balaban J connectivity index is 3.22. The van der Waals surface area contributed by atoms with Gasteiger partial charge in [0.05, 0.1) is 5.56 Å². The number of benzene rings is 1. The zero-order chi connectivity index (χ0) is 11.6. The number of hydrogen-bond acceptors (Lipinski definition) is 2. The van der Waals surface area contributed by atoms with E-state index in [0.29, 0.717) is 5.56 Å². The summed E-state index contributed by atoms with van der Waals surface area (Å²) >= 11 is 0. The molecule has 1 rings (SSSR count). The van der Waals surface area contributed by atoms with Gasteiger partial charge in [-0.25, -0.2) is 4.39 Å². The first-order valence-electron chi connectivity index (χ1n) is 4.42. The second-order valence-electron chi connectivity index (χ2n) is 3.39. The smallest absolute Gasteiger partial charge is 0.298 e. The van der Waals surface area contributed by atoms with Crippen molar-refractivity contribution in [2.75, 3.05) is 6.61 Å². The summed E-state index contributed by atoms with van der Waals surface area (Å²) in [6, 6.07) is 2.80. The predicted octanol–water partition coefficient (Wildman–Crippen LogP) is 1.93. The van der Waals surface area contributed by atoms with Crippen molar-refractivity contribution in [3.05, 3.63) is 35.1 Å². The zero-order valence-electron chi connectivity index (χ0n) is 8.17. The van der Waals surface area contributed by atoms with Crippen molar-refractivity contribution in [1.82, 2.24) is 0 Å². The molecule has 84 valence electrons. The number of aliphatic hydroxyl groups excluding tert-OH is 1. The van der Waals surface area contributed by atoms with Crippen molar-refractivity contribution in [2.45, 2.75) is 18.9 Å². The minimum atomic E-state index is -3.57. The summed E-state index contributed by atoms with van der Waals surface area (Å²) in [7, 11) is 0. The van der Waals surface area contributed by atoms with Gasteiger partial charge in [0.1, 0.15) is 12.4 Å². The van der Waals surface area contributed by atoms with E-state index in [2.05, 4.69) is 0 Å². The third-order valence-corrected chi connectivity index (χ3v) is 2.11. The molecule has 0 saturated carbocycles. The summed E-state index contributed by atoms with van der Waals surface area (Å²) in [6.45, 7) is 0.181. The molecular weight excluding hydrogens is 207 g/mol. The summed E-state index contributed by atoms with van der Waals surface area (Å²) in [4.78, 5) is 0. The van der Waals surface area contributed by atoms with Crippen molar-refractivity contribution in [2.24, 2.45) is 5.73 Å². The Labute approximate surface area is 85.5 Å². The molecular formula is C10H12F3NO. The largest absolute Gasteiger partial charge is 0.390 e. The van der Waals surface area contributed by atoms with E-state index in [4.69, 9.17) is 10.8 Å². The Morgan fingerprint density at radius 2 is 2.07 bits per heavy atom. The van der Waals surface area contributed by atoms with Crippen LogP contribution in [0.15, 0.2) is 18.2 Å². The normalized spacial score (nSPS) is 14.0. The van der Waals surface area contributed by atoms with E-state index in [1.807, 2.05) is 0 Å². The van der Waals surface area contributed by atoms with E-state index < -0.39 is 30.0 Å². The number of halogens is 3. The summed E-state index contributed by atoms with van der Waals surface area (Å²) in [5.41, 5.74) is 5.07. The SMILES string of the molecule is CC(N)c1ccc(F)c(C(F)(F)CO)c1. The van der Waals surface area contributed by atoms with Crippen LogP contribution >= 0.6 is 0 Å². The van der Waals surface area contributed by atoms with Crippen molar-refractivity contribution in [1.29, 1.82) is 0 Å². The molecule has 0 amide bonds. The minimum Gasteiger partial charge on any atom is -0.390 e. The maximum absolute atomic E-state index is 13.1. The Morgan fingerprint density at radius 3 is 2.53 bits per heavy atom. The monoisotopic (exact) mass is 219 g/mol. The molecule has 3 N–H and O–H groups in total. The molecule has 0 spiro atoms. The molecule has 0 aliphatic heterocycles. The van der Waals surface area contributed by atoms with E-state index in [1.54, 1.807) is 6.92 Å². The van der Waals surface area contributed by atoms with Crippen molar-refractivity contribution in [3.8, 4) is 0 Å². The van der Waals surface area contributed by atoms with Gasteiger partial charge in [-0.3, -0.25) is 0 Å². The van der Waals surface area contributed by atoms with Gasteiger partial charge in [0, 0.05) is 6.04 Å². The van der Waals surface area contributed by atoms with Gasteiger partial charge in [0.15, 0.2) is 0 Å². The standard InChI is InChI=1S/C10H12F3NO/c1-6(14)7-2-3-9(11)8(4-7)10(12,13)5-15/h2-4,6,15H,5,14H2,1H3. The molecule has 1 aromatic rings. The average Bonchev–Trinajstić information content (AvgIpc) is 2.17. The molecule has 2 nitrogen and oxygen atoms in total. The van der Waals surface area contributed by atoms with Gasteiger partial charge in [-0.1, -0.05) is 6.07 Å². The minimum absolute atomic E-state index is 0.402. The van der Waals surface area contributed by atoms with Crippen LogP contribution in [-0.2, 0) is 5.92 Å². The molecule has 0 bridgehead atoms. The number of rotatable bonds is 3. The molecule has 0 fully saturated rings. The predicted molar refractivity (Wildman–Crippen MR) is 50.0 cm³/mol. The molecule has 1 atom stereocenters. The van der Waals surface area contributed by atoms with Gasteiger partial charge in [0.25, 0.3) is 5.92 Å². The molecule has 0 aliphatic rings. The molecule has 0 saturated heterocycles. The van der Waals surface area contributed by atoms with E-state index in [-0.39, 0.29) is 0 Å². The Kier molecular flexibility index (Phi) is 3.36. The lowest BCUT2D eigenvalue weighted by molar-refractivity contribution is -0.0583. The van der Waals surface area contributed by atoms with Crippen LogP contribution in [0.5, 0.6) is 0 Å². The van der Waals surface area contributed by atoms with Crippen LogP contribution in [0.3, 0.4) is 0 Å². The molecule has 0 radical (unpaired) electrons. The molecule has 0 aliphatic carbocycles. The van der Waals surface area contributed by atoms with E-state index in [0.717, 1.165) is 12.1 Å². The molecule has 0 aromatic heterocycles. The molecule has 1 aromatic carbocycles. The molecule has 5 heteroatoms. The van der Waals surface area contributed by atoms with Gasteiger partial charge >= 0.3 is 0 Å². The first-order valence-corrected chi connectivity index (χ1v) is 4.42. The Hall–Kier alpha value is -1.07. The van der Waals surface area contributed by atoms with Gasteiger partial charge in [-0.05, 0) is 24.6 Å². The van der Waals surface area contributed by atoms with Gasteiger partial charge in [-0.15, -0.1) is 0 Å². The lowest BCUT2D eigenvalue weighted by atomic mass is 10.0. The fraction of sp³-hybridized carbons (Fsp3) is 0.400. The highest BCUT2D eigenvalue weighted by Crippen LogP contribution is 2.31. The Morgan fingerprint density at radius 1 is 1.47 bits per heavy atom. The quantitative estimate of drug-likeness (QED) is 0.815. The average molecular weight is 219 g/mol. The van der Waals surface area contributed by atoms with Crippen molar-refractivity contribution >= 4 is 0 Å². The second-order valence-corrected chi connectivity index (χ2v) is 3.39. The van der Waals surface area contributed by atoms with Gasteiger partial charge in [0.2, 0.25) is 0 Å². The fourth-order valence-corrected chi connectivity index (χ4v) is 1.19. The lowest BCUT2D eigenvalue weighted by Crippen LogP contribution is -2.21. The molecule has 1 unspecified atom stereocenters. The topological polar surface area (TPSA) is 46.2 Å². The zero-order valence-corrected chi connectivity index (χ0v) is 8.17. The first kappa shape index (κ1) is 12.0. The van der Waals surface area contributed by atoms with Gasteiger partial charge in [-0.2, -0.15) is 8.78 Å². The molecule has 0 heterocycles. The van der Waals surface area contributed by atoms with Crippen LogP contribution in [0.4, 0.5) is 13.2 Å². The number of hydrogen-bond donors (Lipinski definition) is 2. The van der Waals surface area contributed by atoms with Crippen LogP contribution in [-0.4, -0.2) is 11.7 Å². The van der Waals surface area contributed by atoms with E-state index >= 15 is 0 Å². The first-order chi connectivity index (χ1) is 6.88. The molecule has 15 heavy (non-hydrogen) atoms. The van der Waals surface area contributed by atoms with Crippen LogP contribution in [0, 0.1) is 5.82 Å². The van der Waals surface area contributed by atoms with Crippen LogP contribution in [0.25, 0.3) is 0 Å². The Bertz CT molecular complexity index is 353. The summed E-state index contributed by atoms with van der Waals surface area (Å²) in [6.07, 6.45) is 0. The maximum Gasteiger partial charge on any atom is 0.298 e.